The third-order valence-electron chi connectivity index (χ3n) is 4.46. The van der Waals surface area contributed by atoms with E-state index in [0.717, 1.165) is 16.7 Å². The number of aromatic nitrogens is 4. The first-order chi connectivity index (χ1) is 14.3. The van der Waals surface area contributed by atoms with E-state index in [1.807, 2.05) is 0 Å². The van der Waals surface area contributed by atoms with Gasteiger partial charge in [-0.3, -0.25) is 14.5 Å². The average Bonchev–Trinajstić information content (AvgIpc) is 3.34. The predicted molar refractivity (Wildman–Crippen MR) is 102 cm³/mol. The first-order valence-electron chi connectivity index (χ1n) is 8.62. The van der Waals surface area contributed by atoms with Gasteiger partial charge in [0.1, 0.15) is 17.2 Å². The molecule has 12 nitrogen and oxygen atoms in total. The molecule has 0 bridgehead atoms. The van der Waals surface area contributed by atoms with E-state index in [-0.39, 0.29) is 77.0 Å². The molecule has 17 heteroatoms. The largest absolute Gasteiger partial charge is 1.00 e. The summed E-state index contributed by atoms with van der Waals surface area (Å²) in [5.41, 5.74) is -0.207. The second-order valence-corrected chi connectivity index (χ2v) is 9.98. The van der Waals surface area contributed by atoms with Crippen molar-refractivity contribution < 1.29 is 87.5 Å². The number of nitrogens with one attached hydrogen (secondary N) is 1. The Morgan fingerprint density at radius 3 is 2.78 bits per heavy atom. The first-order valence-corrected chi connectivity index (χ1v) is 12.2. The Balaban J connectivity index is 0.00000181. The van der Waals surface area contributed by atoms with Gasteiger partial charge < -0.3 is 24.1 Å². The number of nitrogens with zero attached hydrogens (tertiary/aromatic N) is 5. The summed E-state index contributed by atoms with van der Waals surface area (Å²) in [4.78, 5) is 49.7. The molecule has 0 aliphatic carbocycles. The summed E-state index contributed by atoms with van der Waals surface area (Å²) in [6.07, 6.45) is 1.38. The van der Waals surface area contributed by atoms with E-state index in [4.69, 9.17) is 4.42 Å². The minimum Gasteiger partial charge on any atom is -0.806 e. The standard InChI is InChI=1S/C15H17N6O6PS2.2Na/c1-20-15(17-18-19-20)30-7-8-6-29-14-11(12(23)21(14)13(8)28(24,25)26)16-10(22)5-9-3-2-4-27-9;;/h2-4,11,14H,5-7H2,1H3,(H,16,22)(H2,24,25,26);;/q;2*+1/p-2/t11-,14-;;/m1../s1. The van der Waals surface area contributed by atoms with E-state index in [9.17, 15) is 23.9 Å². The van der Waals surface area contributed by atoms with Crippen LogP contribution in [0.2, 0.25) is 0 Å². The van der Waals surface area contributed by atoms with Gasteiger partial charge in [0.25, 0.3) is 5.91 Å². The van der Waals surface area contributed by atoms with Crippen molar-refractivity contribution in [2.24, 2.45) is 7.05 Å². The summed E-state index contributed by atoms with van der Waals surface area (Å²) in [5.74, 6) is -0.269. The van der Waals surface area contributed by atoms with Crippen LogP contribution in [0.3, 0.4) is 0 Å². The number of amides is 2. The maximum absolute atomic E-state index is 12.6. The van der Waals surface area contributed by atoms with Crippen molar-refractivity contribution in [2.45, 2.75) is 23.0 Å². The van der Waals surface area contributed by atoms with Crippen LogP contribution in [0.1, 0.15) is 5.76 Å². The Morgan fingerprint density at radius 1 is 1.44 bits per heavy atom. The zero-order chi connectivity index (χ0) is 21.5. The van der Waals surface area contributed by atoms with Gasteiger partial charge in [0.15, 0.2) is 0 Å². The van der Waals surface area contributed by atoms with Crippen LogP contribution in [0.25, 0.3) is 0 Å². The zero-order valence-corrected chi connectivity index (χ0v) is 24.0. The molecule has 2 aliphatic heterocycles. The third-order valence-corrected chi connectivity index (χ3v) is 7.95. The van der Waals surface area contributed by atoms with Crippen molar-refractivity contribution in [1.29, 1.82) is 0 Å². The number of carbonyl (C=O) groups is 2. The summed E-state index contributed by atoms with van der Waals surface area (Å²) >= 11 is 2.44. The fourth-order valence-corrected chi connectivity index (χ4v) is 6.80. The summed E-state index contributed by atoms with van der Waals surface area (Å²) in [5, 5.41) is 13.4. The molecule has 1 fully saturated rings. The average molecular weight is 516 g/mol. The Labute approximate surface area is 235 Å². The van der Waals surface area contributed by atoms with Gasteiger partial charge in [-0.2, -0.15) is 0 Å². The molecule has 0 spiro atoms. The van der Waals surface area contributed by atoms with Gasteiger partial charge in [-0.15, -0.1) is 16.9 Å². The van der Waals surface area contributed by atoms with Gasteiger partial charge in [0, 0.05) is 18.6 Å². The number of rotatable bonds is 7. The van der Waals surface area contributed by atoms with Crippen LogP contribution >= 0.6 is 31.1 Å². The predicted octanol–water partition coefficient (Wildman–Crippen LogP) is -7.33. The van der Waals surface area contributed by atoms with Gasteiger partial charge in [-0.05, 0) is 35.7 Å². The number of furan rings is 1. The Bertz CT molecular complexity index is 1060. The summed E-state index contributed by atoms with van der Waals surface area (Å²) in [6, 6.07) is 2.37. The van der Waals surface area contributed by atoms with Crippen LogP contribution in [0.15, 0.2) is 39.0 Å². The van der Waals surface area contributed by atoms with Crippen molar-refractivity contribution in [3.63, 3.8) is 0 Å². The monoisotopic (exact) mass is 516 g/mol. The van der Waals surface area contributed by atoms with Crippen molar-refractivity contribution in [3.05, 3.63) is 35.2 Å². The Kier molecular flexibility index (Phi) is 10.1. The molecule has 2 aromatic heterocycles. The van der Waals surface area contributed by atoms with Gasteiger partial charge >= 0.3 is 59.1 Å². The SMILES string of the molecule is Cn1nnnc1SCC1=C(P(=O)([O-])[O-])N2C(=O)[C@@H](NC(=O)Cc3ccco3)[C@H]2SC1.[Na+].[Na+]. The fraction of sp³-hybridized carbons (Fsp3) is 0.400. The van der Waals surface area contributed by atoms with E-state index in [2.05, 4.69) is 20.8 Å². The third kappa shape index (κ3) is 5.92. The van der Waals surface area contributed by atoms with Gasteiger partial charge in [0.2, 0.25) is 11.1 Å². The molecule has 0 unspecified atom stereocenters. The van der Waals surface area contributed by atoms with Crippen molar-refractivity contribution in [2.75, 3.05) is 11.5 Å². The number of aryl methyl sites for hydroxylation is 1. The second-order valence-electron chi connectivity index (χ2n) is 6.51. The topological polar surface area (TPSA) is 169 Å². The first kappa shape index (κ1) is 28.1. The summed E-state index contributed by atoms with van der Waals surface area (Å²) in [7, 11) is -3.60. The van der Waals surface area contributed by atoms with Crippen molar-refractivity contribution in [1.82, 2.24) is 30.4 Å². The fourth-order valence-electron chi connectivity index (χ4n) is 3.14. The Morgan fingerprint density at radius 2 is 2.19 bits per heavy atom. The molecule has 0 aromatic carbocycles. The summed E-state index contributed by atoms with van der Waals surface area (Å²) < 4.78 is 18.5. The molecular formula is C15H15N6Na2O6PS2. The number of tetrazole rings is 1. The number of carbonyl (C=O) groups excluding carboxylic acids is 2. The van der Waals surface area contributed by atoms with Crippen LogP contribution < -0.4 is 74.2 Å². The van der Waals surface area contributed by atoms with Crippen LogP contribution in [0, 0.1) is 0 Å². The summed E-state index contributed by atoms with van der Waals surface area (Å²) in [6.45, 7) is 0. The van der Waals surface area contributed by atoms with Gasteiger partial charge in [0.05, 0.1) is 18.1 Å². The van der Waals surface area contributed by atoms with E-state index in [1.165, 1.54) is 22.7 Å². The molecule has 0 saturated carbocycles. The van der Waals surface area contributed by atoms with Gasteiger partial charge in [-0.25, -0.2) is 4.68 Å². The molecule has 1 saturated heterocycles. The van der Waals surface area contributed by atoms with E-state index >= 15 is 0 Å². The van der Waals surface area contributed by atoms with E-state index < -0.39 is 36.3 Å². The molecule has 32 heavy (non-hydrogen) atoms. The van der Waals surface area contributed by atoms with E-state index in [1.54, 1.807) is 19.2 Å². The van der Waals surface area contributed by atoms with E-state index in [0.29, 0.717) is 16.5 Å². The molecule has 0 radical (unpaired) electrons. The van der Waals surface area contributed by atoms with Crippen LogP contribution in [0.5, 0.6) is 0 Å². The van der Waals surface area contributed by atoms with Crippen LogP contribution in [-0.2, 0) is 27.6 Å². The number of β-lactam (4-membered cyclic amide) rings is 1. The van der Waals surface area contributed by atoms with Crippen LogP contribution in [0.4, 0.5) is 0 Å². The minimum absolute atomic E-state index is 0. The molecule has 2 amide bonds. The zero-order valence-electron chi connectivity index (χ0n) is 17.5. The number of thioether (sulfide) groups is 2. The number of hydrogen-bond donors (Lipinski definition) is 1. The maximum atomic E-state index is 12.6. The second kappa shape index (κ2) is 11.5. The number of hydrogen-bond acceptors (Lipinski definition) is 11. The van der Waals surface area contributed by atoms with Gasteiger partial charge in [-0.1, -0.05) is 11.8 Å². The molecule has 4 heterocycles. The molecule has 2 aliphatic rings. The minimum atomic E-state index is -5.23. The quantitative estimate of drug-likeness (QED) is 0.161. The molecule has 1 N–H and O–H groups in total. The molecule has 2 aromatic rings. The normalized spacial score (nSPS) is 20.1. The van der Waals surface area contributed by atoms with Crippen LogP contribution in [-0.4, -0.2) is 59.8 Å². The van der Waals surface area contributed by atoms with Crippen molar-refractivity contribution in [3.8, 4) is 0 Å². The molecule has 160 valence electrons. The molecule has 2 atom stereocenters. The number of fused-ring (bicyclic) bond motifs is 1. The Hall–Kier alpha value is -0.120. The molecular weight excluding hydrogens is 501 g/mol. The van der Waals surface area contributed by atoms with Crippen molar-refractivity contribution >= 4 is 42.9 Å². The molecule has 4 rings (SSSR count). The maximum Gasteiger partial charge on any atom is 1.00 e. The smallest absolute Gasteiger partial charge is 0.806 e.